The molecule has 26 heavy (non-hydrogen) atoms. The smallest absolute Gasteiger partial charge is 0.204 e. The van der Waals surface area contributed by atoms with E-state index < -0.39 is 5.43 Å². The van der Waals surface area contributed by atoms with Gasteiger partial charge >= 0.3 is 0 Å². The van der Waals surface area contributed by atoms with Crippen LogP contribution >= 0.6 is 0 Å². The fourth-order valence-corrected chi connectivity index (χ4v) is 2.79. The number of phenols is 1. The molecule has 0 aliphatic carbocycles. The number of aromatic hydroxyl groups is 1. The summed E-state index contributed by atoms with van der Waals surface area (Å²) >= 11 is 0. The quantitative estimate of drug-likeness (QED) is 0.749. The van der Waals surface area contributed by atoms with Gasteiger partial charge in [-0.2, -0.15) is 0 Å². The molecule has 7 heteroatoms. The van der Waals surface area contributed by atoms with Crippen molar-refractivity contribution in [1.29, 1.82) is 0 Å². The van der Waals surface area contributed by atoms with Crippen LogP contribution in [0.3, 0.4) is 0 Å². The van der Waals surface area contributed by atoms with E-state index in [1.54, 1.807) is 18.2 Å². The van der Waals surface area contributed by atoms with Crippen molar-refractivity contribution in [3.8, 4) is 39.9 Å². The summed E-state index contributed by atoms with van der Waals surface area (Å²) in [7, 11) is 5.89. The average Bonchev–Trinajstić information content (AvgIpc) is 2.67. The highest BCUT2D eigenvalue weighted by atomic mass is 16.5. The Bertz CT molecular complexity index is 1020. The molecule has 3 rings (SSSR count). The summed E-state index contributed by atoms with van der Waals surface area (Å²) in [4.78, 5) is 13.0. The number of ether oxygens (including phenoxy) is 4. The van der Waals surface area contributed by atoms with Gasteiger partial charge in [0.15, 0.2) is 22.8 Å². The monoisotopic (exact) mass is 358 g/mol. The van der Waals surface area contributed by atoms with Gasteiger partial charge in [0.05, 0.1) is 34.0 Å². The summed E-state index contributed by atoms with van der Waals surface area (Å²) in [6, 6.07) is 6.37. The van der Waals surface area contributed by atoms with E-state index in [-0.39, 0.29) is 33.8 Å². The second-order valence-corrected chi connectivity index (χ2v) is 5.38. The summed E-state index contributed by atoms with van der Waals surface area (Å²) in [6.45, 7) is 0. The Hall–Kier alpha value is -3.35. The molecular formula is C19H18O7. The first kappa shape index (κ1) is 17.5. The molecular weight excluding hydrogens is 340 g/mol. The predicted octanol–water partition coefficient (Wildman–Crippen LogP) is 3.20. The van der Waals surface area contributed by atoms with Gasteiger partial charge in [0.2, 0.25) is 11.2 Å². The molecule has 0 aliphatic heterocycles. The third-order valence-electron chi connectivity index (χ3n) is 4.07. The van der Waals surface area contributed by atoms with Gasteiger partial charge in [0.25, 0.3) is 0 Å². The zero-order chi connectivity index (χ0) is 18.8. The van der Waals surface area contributed by atoms with Crippen LogP contribution < -0.4 is 24.4 Å². The first-order valence-corrected chi connectivity index (χ1v) is 7.67. The van der Waals surface area contributed by atoms with Crippen LogP contribution in [0.5, 0.6) is 28.7 Å². The van der Waals surface area contributed by atoms with E-state index in [0.717, 1.165) is 0 Å². The molecule has 0 saturated carbocycles. The van der Waals surface area contributed by atoms with Gasteiger partial charge in [-0.3, -0.25) is 4.79 Å². The van der Waals surface area contributed by atoms with E-state index in [0.29, 0.717) is 17.1 Å². The molecule has 7 nitrogen and oxygen atoms in total. The van der Waals surface area contributed by atoms with Crippen LogP contribution in [0.25, 0.3) is 22.1 Å². The topological polar surface area (TPSA) is 87.4 Å². The van der Waals surface area contributed by atoms with Crippen LogP contribution in [0.15, 0.2) is 39.7 Å². The van der Waals surface area contributed by atoms with E-state index in [4.69, 9.17) is 23.4 Å². The van der Waals surface area contributed by atoms with Crippen molar-refractivity contribution in [2.75, 3.05) is 28.4 Å². The maximum atomic E-state index is 13.0. The normalized spacial score (nSPS) is 10.6. The number of fused-ring (bicyclic) bond motifs is 1. The lowest BCUT2D eigenvalue weighted by Gasteiger charge is -2.12. The molecule has 0 atom stereocenters. The number of hydrogen-bond acceptors (Lipinski definition) is 7. The maximum absolute atomic E-state index is 13.0. The SMILES string of the molecule is COc1ccc(-c2coc3c(OC)c(OC)cc(O)c3c2=O)cc1OC. The maximum Gasteiger partial charge on any atom is 0.204 e. The minimum absolute atomic E-state index is 0.00920. The van der Waals surface area contributed by atoms with Crippen molar-refractivity contribution in [1.82, 2.24) is 0 Å². The van der Waals surface area contributed by atoms with Crippen molar-refractivity contribution >= 4 is 11.0 Å². The molecule has 0 unspecified atom stereocenters. The molecule has 0 saturated heterocycles. The molecule has 0 bridgehead atoms. The molecule has 1 heterocycles. The first-order valence-electron chi connectivity index (χ1n) is 7.67. The van der Waals surface area contributed by atoms with E-state index in [1.807, 2.05) is 0 Å². The first-order chi connectivity index (χ1) is 12.5. The number of methoxy groups -OCH3 is 4. The predicted molar refractivity (Wildman–Crippen MR) is 95.8 cm³/mol. The van der Waals surface area contributed by atoms with Gasteiger partial charge in [-0.15, -0.1) is 0 Å². The number of rotatable bonds is 5. The second-order valence-electron chi connectivity index (χ2n) is 5.38. The van der Waals surface area contributed by atoms with Crippen LogP contribution in [0.2, 0.25) is 0 Å². The number of benzene rings is 2. The van der Waals surface area contributed by atoms with E-state index in [1.165, 1.54) is 40.8 Å². The number of hydrogen-bond donors (Lipinski definition) is 1. The van der Waals surface area contributed by atoms with E-state index >= 15 is 0 Å². The third-order valence-corrected chi connectivity index (χ3v) is 4.07. The summed E-state index contributed by atoms with van der Waals surface area (Å²) in [5, 5.41) is 10.3. The molecule has 2 aromatic carbocycles. The Morgan fingerprint density at radius 3 is 2.19 bits per heavy atom. The molecule has 0 aliphatic rings. The van der Waals surface area contributed by atoms with Crippen LogP contribution in [0.1, 0.15) is 0 Å². The third kappa shape index (κ3) is 2.67. The largest absolute Gasteiger partial charge is 0.507 e. The van der Waals surface area contributed by atoms with Crippen molar-refractivity contribution in [2.45, 2.75) is 0 Å². The van der Waals surface area contributed by atoms with Gasteiger partial charge in [-0.05, 0) is 17.7 Å². The lowest BCUT2D eigenvalue weighted by atomic mass is 10.0. The summed E-state index contributed by atoms with van der Waals surface area (Å²) in [5.41, 5.74) is 0.531. The van der Waals surface area contributed by atoms with E-state index in [9.17, 15) is 9.90 Å². The lowest BCUT2D eigenvalue weighted by molar-refractivity contribution is 0.350. The second kappa shape index (κ2) is 6.87. The minimum Gasteiger partial charge on any atom is -0.507 e. The van der Waals surface area contributed by atoms with Gasteiger partial charge < -0.3 is 28.5 Å². The van der Waals surface area contributed by atoms with Crippen molar-refractivity contribution in [3.05, 3.63) is 40.8 Å². The van der Waals surface area contributed by atoms with Crippen LogP contribution in [-0.2, 0) is 0 Å². The summed E-state index contributed by atoms with van der Waals surface area (Å²) in [6.07, 6.45) is 1.31. The minimum atomic E-state index is -0.406. The Morgan fingerprint density at radius 2 is 1.58 bits per heavy atom. The van der Waals surface area contributed by atoms with Crippen molar-refractivity contribution in [3.63, 3.8) is 0 Å². The Balaban J connectivity index is 2.29. The van der Waals surface area contributed by atoms with Crippen LogP contribution in [-0.4, -0.2) is 33.5 Å². The van der Waals surface area contributed by atoms with Gasteiger partial charge in [-0.1, -0.05) is 6.07 Å². The Morgan fingerprint density at radius 1 is 0.885 bits per heavy atom. The van der Waals surface area contributed by atoms with Crippen LogP contribution in [0, 0.1) is 0 Å². The fourth-order valence-electron chi connectivity index (χ4n) is 2.79. The highest BCUT2D eigenvalue weighted by Gasteiger charge is 2.21. The zero-order valence-electron chi connectivity index (χ0n) is 14.8. The van der Waals surface area contributed by atoms with Crippen molar-refractivity contribution in [2.24, 2.45) is 0 Å². The highest BCUT2D eigenvalue weighted by Crippen LogP contribution is 2.40. The number of phenolic OH excluding ortho intramolecular Hbond substituents is 1. The summed E-state index contributed by atoms with van der Waals surface area (Å²) < 4.78 is 26.5. The molecule has 0 radical (unpaired) electrons. The Kier molecular flexibility index (Phi) is 4.62. The van der Waals surface area contributed by atoms with Crippen LogP contribution in [0.4, 0.5) is 0 Å². The highest BCUT2D eigenvalue weighted by molar-refractivity contribution is 5.93. The lowest BCUT2D eigenvalue weighted by Crippen LogP contribution is -2.06. The van der Waals surface area contributed by atoms with Gasteiger partial charge in [0, 0.05) is 6.07 Å². The molecule has 0 amide bonds. The zero-order valence-corrected chi connectivity index (χ0v) is 14.8. The molecule has 3 aromatic rings. The standard InChI is InChI=1S/C19H18O7/c1-22-13-6-5-10(7-14(13)23-2)11-9-26-19-16(17(11)21)12(20)8-15(24-3)18(19)25-4/h5-9,20H,1-4H3. The van der Waals surface area contributed by atoms with Gasteiger partial charge in [-0.25, -0.2) is 0 Å². The van der Waals surface area contributed by atoms with Gasteiger partial charge in [0.1, 0.15) is 17.4 Å². The summed E-state index contributed by atoms with van der Waals surface area (Å²) in [5.74, 6) is 1.25. The molecule has 0 fully saturated rings. The Labute approximate surface area is 149 Å². The fraction of sp³-hybridized carbons (Fsp3) is 0.211. The van der Waals surface area contributed by atoms with Crippen molar-refractivity contribution < 1.29 is 28.5 Å². The molecule has 136 valence electrons. The average molecular weight is 358 g/mol. The molecule has 0 spiro atoms. The van der Waals surface area contributed by atoms with E-state index in [2.05, 4.69) is 0 Å². The molecule has 1 N–H and O–H groups in total. The molecule has 1 aromatic heterocycles.